The van der Waals surface area contributed by atoms with Crippen LogP contribution < -0.4 is 14.8 Å². The fourth-order valence-corrected chi connectivity index (χ4v) is 3.66. The van der Waals surface area contributed by atoms with Crippen molar-refractivity contribution in [2.24, 2.45) is 0 Å². The van der Waals surface area contributed by atoms with Gasteiger partial charge in [0.05, 0.1) is 5.69 Å². The van der Waals surface area contributed by atoms with Crippen LogP contribution in [0.3, 0.4) is 0 Å². The van der Waals surface area contributed by atoms with Crippen LogP contribution >= 0.6 is 11.8 Å². The highest BCUT2D eigenvalue weighted by atomic mass is 32.2. The third-order valence-electron chi connectivity index (χ3n) is 4.11. The number of hydrogen-bond donors (Lipinski definition) is 1. The highest BCUT2D eigenvalue weighted by Gasteiger charge is 2.12. The molecule has 1 amide bonds. The van der Waals surface area contributed by atoms with E-state index in [2.05, 4.69) is 20.8 Å². The van der Waals surface area contributed by atoms with Crippen molar-refractivity contribution in [2.75, 3.05) is 24.3 Å². The number of benzene rings is 2. The summed E-state index contributed by atoms with van der Waals surface area (Å²) in [6.45, 7) is 2.96. The Morgan fingerprint density at radius 2 is 2.04 bits per heavy atom. The van der Waals surface area contributed by atoms with Gasteiger partial charge in [0.15, 0.2) is 17.3 Å². The number of ether oxygens (including phenoxy) is 2. The Labute approximate surface area is 166 Å². The largest absolute Gasteiger partial charge is 0.486 e. The van der Waals surface area contributed by atoms with E-state index in [9.17, 15) is 4.79 Å². The Bertz CT molecular complexity index is 991. The molecule has 0 saturated heterocycles. The molecule has 1 aromatic heterocycles. The number of thioether (sulfide) groups is 1. The van der Waals surface area contributed by atoms with Gasteiger partial charge in [-0.15, -0.1) is 16.9 Å². The van der Waals surface area contributed by atoms with Crippen molar-refractivity contribution in [2.45, 2.75) is 18.2 Å². The van der Waals surface area contributed by atoms with E-state index >= 15 is 0 Å². The summed E-state index contributed by atoms with van der Waals surface area (Å²) in [5.74, 6) is 2.83. The maximum Gasteiger partial charge on any atom is 0.225 e. The van der Waals surface area contributed by atoms with Gasteiger partial charge in [-0.05, 0) is 53.7 Å². The topological polar surface area (TPSA) is 91.2 Å². The van der Waals surface area contributed by atoms with Crippen molar-refractivity contribution in [3.05, 3.63) is 48.3 Å². The number of aryl methyl sites for hydroxylation is 1. The molecule has 0 atom stereocenters. The molecule has 0 bridgehead atoms. The van der Waals surface area contributed by atoms with Crippen molar-refractivity contribution < 1.29 is 14.3 Å². The van der Waals surface area contributed by atoms with Gasteiger partial charge in [-0.3, -0.25) is 4.79 Å². The monoisotopic (exact) mass is 397 g/mol. The van der Waals surface area contributed by atoms with Crippen LogP contribution in [0.1, 0.15) is 12.2 Å². The van der Waals surface area contributed by atoms with Crippen LogP contribution in [-0.4, -0.2) is 45.1 Å². The van der Waals surface area contributed by atoms with Gasteiger partial charge in [0.1, 0.15) is 13.2 Å². The first-order chi connectivity index (χ1) is 13.7. The summed E-state index contributed by atoms with van der Waals surface area (Å²) in [6, 6.07) is 13.3. The second-order valence-corrected chi connectivity index (χ2v) is 7.31. The quantitative estimate of drug-likeness (QED) is 0.640. The van der Waals surface area contributed by atoms with Crippen LogP contribution in [0.15, 0.2) is 47.4 Å². The number of fused-ring (bicyclic) bond motifs is 1. The van der Waals surface area contributed by atoms with Crippen LogP contribution in [0.2, 0.25) is 0 Å². The molecular formula is C19H19N5O3S. The van der Waals surface area contributed by atoms with Gasteiger partial charge in [0, 0.05) is 22.8 Å². The summed E-state index contributed by atoms with van der Waals surface area (Å²) in [6.07, 6.45) is 0.396. The number of rotatable bonds is 6. The molecule has 0 aliphatic carbocycles. The first-order valence-corrected chi connectivity index (χ1v) is 9.85. The number of hydrogen-bond acceptors (Lipinski definition) is 7. The molecule has 144 valence electrons. The zero-order chi connectivity index (χ0) is 19.3. The SMILES string of the molecule is Cc1nnnn1-c1cccc(NC(=O)CCSc2ccc3c(c2)OCCO3)c1. The fraction of sp³-hybridized carbons (Fsp3) is 0.263. The van der Waals surface area contributed by atoms with Gasteiger partial charge in [0.25, 0.3) is 0 Å². The lowest BCUT2D eigenvalue weighted by atomic mass is 10.2. The van der Waals surface area contributed by atoms with Crippen LogP contribution in [0.5, 0.6) is 11.5 Å². The molecule has 0 unspecified atom stereocenters. The normalized spacial score (nSPS) is 12.6. The molecule has 8 nitrogen and oxygen atoms in total. The van der Waals surface area contributed by atoms with Crippen LogP contribution in [-0.2, 0) is 4.79 Å². The number of tetrazole rings is 1. The number of carbonyl (C=O) groups excluding carboxylic acids is 1. The molecule has 9 heteroatoms. The lowest BCUT2D eigenvalue weighted by Crippen LogP contribution is -2.15. The molecule has 3 aromatic rings. The van der Waals surface area contributed by atoms with E-state index in [4.69, 9.17) is 9.47 Å². The molecule has 1 N–H and O–H groups in total. The van der Waals surface area contributed by atoms with Crippen LogP contribution in [0.25, 0.3) is 5.69 Å². The Balaban J connectivity index is 1.31. The van der Waals surface area contributed by atoms with Crippen molar-refractivity contribution in [3.8, 4) is 17.2 Å². The van der Waals surface area contributed by atoms with Crippen molar-refractivity contribution in [3.63, 3.8) is 0 Å². The molecule has 4 rings (SSSR count). The fourth-order valence-electron chi connectivity index (χ4n) is 2.78. The zero-order valence-corrected chi connectivity index (χ0v) is 16.1. The molecule has 0 spiro atoms. The molecular weight excluding hydrogens is 378 g/mol. The summed E-state index contributed by atoms with van der Waals surface area (Å²) in [5.41, 5.74) is 1.51. The van der Waals surface area contributed by atoms with Gasteiger partial charge in [-0.2, -0.15) is 4.68 Å². The summed E-state index contributed by atoms with van der Waals surface area (Å²) in [4.78, 5) is 13.3. The van der Waals surface area contributed by atoms with Crippen molar-refractivity contribution in [1.29, 1.82) is 0 Å². The minimum atomic E-state index is -0.0457. The van der Waals surface area contributed by atoms with Crippen molar-refractivity contribution in [1.82, 2.24) is 20.2 Å². The van der Waals surface area contributed by atoms with Crippen LogP contribution in [0.4, 0.5) is 5.69 Å². The first-order valence-electron chi connectivity index (χ1n) is 8.87. The van der Waals surface area contributed by atoms with E-state index < -0.39 is 0 Å². The van der Waals surface area contributed by atoms with E-state index in [0.29, 0.717) is 36.9 Å². The lowest BCUT2D eigenvalue weighted by molar-refractivity contribution is -0.115. The summed E-state index contributed by atoms with van der Waals surface area (Å²) in [7, 11) is 0. The number of aromatic nitrogens is 4. The average molecular weight is 397 g/mol. The van der Waals surface area contributed by atoms with E-state index in [1.807, 2.05) is 49.4 Å². The maximum absolute atomic E-state index is 12.3. The predicted molar refractivity (Wildman–Crippen MR) is 105 cm³/mol. The molecule has 2 aromatic carbocycles. The average Bonchev–Trinajstić information content (AvgIpc) is 3.14. The van der Waals surface area contributed by atoms with Gasteiger partial charge in [0.2, 0.25) is 5.91 Å². The number of carbonyl (C=O) groups is 1. The maximum atomic E-state index is 12.3. The lowest BCUT2D eigenvalue weighted by Gasteiger charge is -2.18. The van der Waals surface area contributed by atoms with E-state index in [1.165, 1.54) is 0 Å². The molecule has 0 fully saturated rings. The summed E-state index contributed by atoms with van der Waals surface area (Å²) < 4.78 is 12.7. The van der Waals surface area contributed by atoms with Gasteiger partial charge in [-0.25, -0.2) is 0 Å². The van der Waals surface area contributed by atoms with Gasteiger partial charge in [-0.1, -0.05) is 6.07 Å². The van der Waals surface area contributed by atoms with E-state index in [-0.39, 0.29) is 5.91 Å². The summed E-state index contributed by atoms with van der Waals surface area (Å²) >= 11 is 1.61. The van der Waals surface area contributed by atoms with E-state index in [1.54, 1.807) is 16.4 Å². The highest BCUT2D eigenvalue weighted by Crippen LogP contribution is 2.34. The Hall–Kier alpha value is -3.07. The van der Waals surface area contributed by atoms with Gasteiger partial charge < -0.3 is 14.8 Å². The van der Waals surface area contributed by atoms with Crippen LogP contribution in [0, 0.1) is 6.92 Å². The first kappa shape index (κ1) is 18.3. The minimum absolute atomic E-state index is 0.0457. The molecule has 1 aliphatic heterocycles. The molecule has 0 radical (unpaired) electrons. The summed E-state index contributed by atoms with van der Waals surface area (Å²) in [5, 5.41) is 14.4. The smallest absolute Gasteiger partial charge is 0.225 e. The second kappa shape index (κ2) is 8.30. The second-order valence-electron chi connectivity index (χ2n) is 6.14. The molecule has 0 saturated carbocycles. The Morgan fingerprint density at radius 1 is 1.18 bits per heavy atom. The third-order valence-corrected chi connectivity index (χ3v) is 5.11. The predicted octanol–water partition coefficient (Wildman–Crippen LogP) is 2.86. The Kier molecular flexibility index (Phi) is 5.43. The third kappa shape index (κ3) is 4.25. The number of amides is 1. The number of nitrogens with one attached hydrogen (secondary N) is 1. The zero-order valence-electron chi connectivity index (χ0n) is 15.3. The standard InChI is InChI=1S/C19H19N5O3S/c1-13-21-22-23-24(13)15-4-2-3-14(11-15)20-19(25)7-10-28-16-5-6-17-18(12-16)27-9-8-26-17/h2-6,11-12H,7-10H2,1H3,(H,20,25). The Morgan fingerprint density at radius 3 is 2.86 bits per heavy atom. The molecule has 28 heavy (non-hydrogen) atoms. The molecule has 2 heterocycles. The van der Waals surface area contributed by atoms with E-state index in [0.717, 1.165) is 22.1 Å². The van der Waals surface area contributed by atoms with Gasteiger partial charge >= 0.3 is 0 Å². The number of anilines is 1. The minimum Gasteiger partial charge on any atom is -0.486 e. The highest BCUT2D eigenvalue weighted by molar-refractivity contribution is 7.99. The van der Waals surface area contributed by atoms with Crippen molar-refractivity contribution >= 4 is 23.4 Å². The number of nitrogens with zero attached hydrogens (tertiary/aromatic N) is 4. The molecule has 1 aliphatic rings.